The Hall–Kier alpha value is -1.65. The number of carbonyl (C=O) groups is 1. The van der Waals surface area contributed by atoms with E-state index in [0.29, 0.717) is 0 Å². The summed E-state index contributed by atoms with van der Waals surface area (Å²) in [6.45, 7) is 1.64. The van der Waals surface area contributed by atoms with Crippen molar-refractivity contribution in [1.82, 2.24) is 0 Å². The summed E-state index contributed by atoms with van der Waals surface area (Å²) in [6, 6.07) is 1.97. The molecule has 0 unspecified atom stereocenters. The molecule has 0 radical (unpaired) electrons. The minimum Gasteiger partial charge on any atom is -0.462 e. The Bertz CT molecular complexity index is 366. The van der Waals surface area contributed by atoms with Gasteiger partial charge in [0.05, 0.1) is 6.61 Å². The van der Waals surface area contributed by atoms with Gasteiger partial charge in [0.2, 0.25) is 0 Å². The van der Waals surface area contributed by atoms with Gasteiger partial charge in [-0.05, 0) is 19.1 Å². The summed E-state index contributed by atoms with van der Waals surface area (Å²) in [5.74, 6) is -3.35. The number of benzene rings is 1. The number of hydrogen-bond donors (Lipinski definition) is 1. The van der Waals surface area contributed by atoms with E-state index in [2.05, 4.69) is 4.74 Å². The predicted molar refractivity (Wildman–Crippen MR) is 46.7 cm³/mol. The molecular weight excluding hydrogens is 192 g/mol. The number of nitrogens with two attached hydrogens (primary N) is 1. The number of esters is 1. The van der Waals surface area contributed by atoms with E-state index < -0.39 is 23.2 Å². The maximum atomic E-state index is 13.1. The lowest BCUT2D eigenvalue weighted by Crippen LogP contribution is -2.11. The molecule has 0 heterocycles. The molecule has 14 heavy (non-hydrogen) atoms. The lowest BCUT2D eigenvalue weighted by Gasteiger charge is -2.06. The van der Waals surface area contributed by atoms with E-state index in [0.717, 1.165) is 12.1 Å². The number of anilines is 1. The molecule has 0 saturated heterocycles. The van der Waals surface area contributed by atoms with E-state index in [9.17, 15) is 13.6 Å². The Morgan fingerprint density at radius 3 is 2.71 bits per heavy atom. The van der Waals surface area contributed by atoms with Crippen LogP contribution >= 0.6 is 0 Å². The largest absolute Gasteiger partial charge is 0.462 e. The number of hydrogen-bond acceptors (Lipinski definition) is 3. The molecule has 76 valence electrons. The van der Waals surface area contributed by atoms with Gasteiger partial charge in [-0.15, -0.1) is 0 Å². The number of halogens is 2. The number of ether oxygens (including phenoxy) is 1. The fourth-order valence-electron chi connectivity index (χ4n) is 0.976. The summed E-state index contributed by atoms with van der Waals surface area (Å²) < 4.78 is 30.3. The van der Waals surface area contributed by atoms with Crippen molar-refractivity contribution in [2.24, 2.45) is 0 Å². The zero-order valence-electron chi connectivity index (χ0n) is 7.51. The zero-order valence-corrected chi connectivity index (χ0v) is 7.51. The summed E-state index contributed by atoms with van der Waals surface area (Å²) in [5, 5.41) is 0. The third-order valence-corrected chi connectivity index (χ3v) is 1.61. The first-order valence-electron chi connectivity index (χ1n) is 3.98. The molecular formula is C9H9F2NO2. The number of nitrogen functional groups attached to an aromatic ring is 1. The Morgan fingerprint density at radius 1 is 1.50 bits per heavy atom. The van der Waals surface area contributed by atoms with Crippen molar-refractivity contribution in [3.05, 3.63) is 29.3 Å². The van der Waals surface area contributed by atoms with Crippen LogP contribution in [0.15, 0.2) is 12.1 Å². The van der Waals surface area contributed by atoms with Crippen LogP contribution in [-0.2, 0) is 4.74 Å². The van der Waals surface area contributed by atoms with Crippen molar-refractivity contribution in [3.63, 3.8) is 0 Å². The van der Waals surface area contributed by atoms with Gasteiger partial charge in [0.1, 0.15) is 5.56 Å². The molecule has 0 amide bonds. The van der Waals surface area contributed by atoms with Gasteiger partial charge in [-0.25, -0.2) is 13.6 Å². The normalized spacial score (nSPS) is 9.93. The van der Waals surface area contributed by atoms with Crippen LogP contribution in [-0.4, -0.2) is 12.6 Å². The highest BCUT2D eigenvalue weighted by atomic mass is 19.2. The summed E-state index contributed by atoms with van der Waals surface area (Å²) in [4.78, 5) is 11.1. The van der Waals surface area contributed by atoms with E-state index in [-0.39, 0.29) is 12.3 Å². The van der Waals surface area contributed by atoms with Crippen molar-refractivity contribution >= 4 is 11.7 Å². The van der Waals surface area contributed by atoms with Crippen LogP contribution in [0.2, 0.25) is 0 Å². The predicted octanol–water partition coefficient (Wildman–Crippen LogP) is 1.72. The molecule has 0 aromatic heterocycles. The van der Waals surface area contributed by atoms with Crippen molar-refractivity contribution in [2.75, 3.05) is 12.3 Å². The molecule has 0 aliphatic heterocycles. The van der Waals surface area contributed by atoms with Gasteiger partial charge in [-0.3, -0.25) is 0 Å². The van der Waals surface area contributed by atoms with Crippen molar-refractivity contribution in [2.45, 2.75) is 6.92 Å². The molecule has 0 aliphatic carbocycles. The highest BCUT2D eigenvalue weighted by Crippen LogP contribution is 2.19. The minimum absolute atomic E-state index is 0.0776. The summed E-state index contributed by atoms with van der Waals surface area (Å²) >= 11 is 0. The van der Waals surface area contributed by atoms with Crippen molar-refractivity contribution < 1.29 is 18.3 Å². The first-order chi connectivity index (χ1) is 6.57. The molecule has 2 N–H and O–H groups in total. The Kier molecular flexibility index (Phi) is 3.01. The highest BCUT2D eigenvalue weighted by Gasteiger charge is 2.19. The van der Waals surface area contributed by atoms with Gasteiger partial charge in [0.15, 0.2) is 11.6 Å². The first-order valence-corrected chi connectivity index (χ1v) is 3.98. The second-order valence-electron chi connectivity index (χ2n) is 2.55. The molecule has 0 aliphatic rings. The average molecular weight is 201 g/mol. The quantitative estimate of drug-likeness (QED) is 0.585. The number of rotatable bonds is 2. The molecule has 0 atom stereocenters. The second-order valence-corrected chi connectivity index (χ2v) is 2.55. The van der Waals surface area contributed by atoms with Gasteiger partial charge < -0.3 is 10.5 Å². The molecule has 0 saturated carbocycles. The smallest absolute Gasteiger partial charge is 0.343 e. The molecule has 3 nitrogen and oxygen atoms in total. The molecule has 0 spiro atoms. The SMILES string of the molecule is CCOC(=O)c1c(N)ccc(F)c1F. The van der Waals surface area contributed by atoms with Gasteiger partial charge in [0, 0.05) is 5.69 Å². The van der Waals surface area contributed by atoms with Crippen LogP contribution in [0.4, 0.5) is 14.5 Å². The van der Waals surface area contributed by atoms with E-state index in [1.807, 2.05) is 0 Å². The van der Waals surface area contributed by atoms with E-state index in [1.165, 1.54) is 0 Å². The third kappa shape index (κ3) is 1.81. The maximum absolute atomic E-state index is 13.1. The standard InChI is InChI=1S/C9H9F2NO2/c1-2-14-9(13)7-6(12)4-3-5(10)8(7)11/h3-4H,2,12H2,1H3. The Labute approximate surface area is 79.5 Å². The zero-order chi connectivity index (χ0) is 10.7. The highest BCUT2D eigenvalue weighted by molar-refractivity contribution is 5.95. The van der Waals surface area contributed by atoms with Crippen LogP contribution in [0.1, 0.15) is 17.3 Å². The molecule has 5 heteroatoms. The average Bonchev–Trinajstić information content (AvgIpc) is 2.13. The third-order valence-electron chi connectivity index (χ3n) is 1.61. The van der Waals surface area contributed by atoms with Gasteiger partial charge >= 0.3 is 5.97 Å². The summed E-state index contributed by atoms with van der Waals surface area (Å²) in [7, 11) is 0. The van der Waals surface area contributed by atoms with Crippen LogP contribution < -0.4 is 5.73 Å². The van der Waals surface area contributed by atoms with E-state index >= 15 is 0 Å². The molecule has 1 aromatic carbocycles. The maximum Gasteiger partial charge on any atom is 0.343 e. The molecule has 0 bridgehead atoms. The van der Waals surface area contributed by atoms with Gasteiger partial charge in [-0.1, -0.05) is 0 Å². The van der Waals surface area contributed by atoms with Crippen LogP contribution in [0, 0.1) is 11.6 Å². The molecule has 0 fully saturated rings. The van der Waals surface area contributed by atoms with Crippen LogP contribution in [0.3, 0.4) is 0 Å². The Morgan fingerprint density at radius 2 is 2.14 bits per heavy atom. The van der Waals surface area contributed by atoms with E-state index in [1.54, 1.807) is 6.92 Å². The minimum atomic E-state index is -1.27. The monoisotopic (exact) mass is 201 g/mol. The first kappa shape index (κ1) is 10.4. The molecule has 1 rings (SSSR count). The topological polar surface area (TPSA) is 52.3 Å². The fourth-order valence-corrected chi connectivity index (χ4v) is 0.976. The van der Waals surface area contributed by atoms with Gasteiger partial charge in [-0.2, -0.15) is 0 Å². The van der Waals surface area contributed by atoms with Crippen LogP contribution in [0.5, 0.6) is 0 Å². The summed E-state index contributed by atoms with van der Waals surface area (Å²) in [6.07, 6.45) is 0. The van der Waals surface area contributed by atoms with Crippen molar-refractivity contribution in [1.29, 1.82) is 0 Å². The Balaban J connectivity index is 3.18. The lowest BCUT2D eigenvalue weighted by molar-refractivity contribution is 0.0521. The number of carbonyl (C=O) groups excluding carboxylic acids is 1. The lowest BCUT2D eigenvalue weighted by atomic mass is 10.1. The van der Waals surface area contributed by atoms with Crippen LogP contribution in [0.25, 0.3) is 0 Å². The van der Waals surface area contributed by atoms with Crippen molar-refractivity contribution in [3.8, 4) is 0 Å². The van der Waals surface area contributed by atoms with Gasteiger partial charge in [0.25, 0.3) is 0 Å². The van der Waals surface area contributed by atoms with E-state index in [4.69, 9.17) is 5.73 Å². The second kappa shape index (κ2) is 4.04. The summed E-state index contributed by atoms with van der Waals surface area (Å²) in [5.41, 5.74) is 4.63. The fraction of sp³-hybridized carbons (Fsp3) is 0.222. The molecule has 1 aromatic rings.